The maximum atomic E-state index is 14.0. The quantitative estimate of drug-likeness (QED) is 0.274. The molecule has 0 aliphatic carbocycles. The van der Waals surface area contributed by atoms with Gasteiger partial charge in [0.15, 0.2) is 9.84 Å². The minimum Gasteiger partial charge on any atom is -0.369 e. The predicted molar refractivity (Wildman–Crippen MR) is 172 cm³/mol. The van der Waals surface area contributed by atoms with Crippen molar-refractivity contribution in [3.8, 4) is 11.1 Å². The lowest BCUT2D eigenvalue weighted by molar-refractivity contribution is 0.313. The Morgan fingerprint density at radius 2 is 1.58 bits per heavy atom. The molecule has 0 spiro atoms. The van der Waals surface area contributed by atoms with Gasteiger partial charge in [0.2, 0.25) is 5.95 Å². The van der Waals surface area contributed by atoms with E-state index in [1.165, 1.54) is 5.69 Å². The lowest BCUT2D eigenvalue weighted by Crippen LogP contribution is -2.44. The number of nitrogens with zero attached hydrogens (tertiary/aromatic N) is 5. The number of fused-ring (bicyclic) bond motifs is 1. The predicted octanol–water partition coefficient (Wildman–Crippen LogP) is 4.80. The molecule has 0 saturated carbocycles. The highest BCUT2D eigenvalue weighted by molar-refractivity contribution is 7.91. The number of sulfone groups is 1. The number of rotatable bonds is 8. The number of piperazine rings is 1. The van der Waals surface area contributed by atoms with Gasteiger partial charge in [0.05, 0.1) is 17.2 Å². The molecule has 0 atom stereocenters. The zero-order valence-corrected chi connectivity index (χ0v) is 25.1. The summed E-state index contributed by atoms with van der Waals surface area (Å²) in [6, 6.07) is 26.2. The van der Waals surface area contributed by atoms with Gasteiger partial charge in [-0.25, -0.2) is 13.4 Å². The summed E-state index contributed by atoms with van der Waals surface area (Å²) in [5.74, 6) is 0.308. The molecule has 10 heteroatoms. The fraction of sp³-hybridized carbons (Fsp3) is 0.242. The second-order valence-electron chi connectivity index (χ2n) is 10.8. The summed E-state index contributed by atoms with van der Waals surface area (Å²) >= 11 is 0. The van der Waals surface area contributed by atoms with Crippen LogP contribution in [0, 0.1) is 0 Å². The summed E-state index contributed by atoms with van der Waals surface area (Å²) < 4.78 is 27.4. The number of likely N-dealkylation sites (N-methyl/N-ethyl adjacent to an activating group) is 1. The largest absolute Gasteiger partial charge is 0.369 e. The molecule has 9 nitrogen and oxygen atoms in total. The zero-order chi connectivity index (χ0) is 30.0. The number of nitrogens with one attached hydrogen (secondary N) is 1. The molecule has 3 heterocycles. The number of hydrogen-bond donors (Lipinski definition) is 1. The Hall–Kier alpha value is -4.54. The van der Waals surface area contributed by atoms with E-state index in [-0.39, 0.29) is 22.8 Å². The van der Waals surface area contributed by atoms with Crippen LogP contribution in [0.1, 0.15) is 12.5 Å². The van der Waals surface area contributed by atoms with Gasteiger partial charge in [-0.3, -0.25) is 9.36 Å². The molecule has 1 aliphatic rings. The highest BCUT2D eigenvalue weighted by Crippen LogP contribution is 2.25. The standard InChI is InChI=1S/C33H34N6O3S/c1-3-43(41,42)30-12-8-7-11-25(30)23-39-31-26(21-29(32(39)40)24-9-5-4-6-10-24)22-34-33(36-31)35-27-13-15-28(16-14-27)38-19-17-37(2)18-20-38/h4-16,21-22H,3,17-20,23H2,1-2H3,(H,34,35,36). The Morgan fingerprint density at radius 1 is 0.884 bits per heavy atom. The van der Waals surface area contributed by atoms with E-state index in [0.717, 1.165) is 37.4 Å². The van der Waals surface area contributed by atoms with Crippen LogP contribution in [0.2, 0.25) is 0 Å². The van der Waals surface area contributed by atoms with Crippen LogP contribution in [-0.2, 0) is 16.4 Å². The molecule has 2 aromatic heterocycles. The van der Waals surface area contributed by atoms with E-state index in [1.807, 2.05) is 42.5 Å². The molecule has 1 N–H and O–H groups in total. The number of anilines is 3. The van der Waals surface area contributed by atoms with Crippen molar-refractivity contribution in [3.05, 3.63) is 107 Å². The van der Waals surface area contributed by atoms with Crippen LogP contribution in [0.4, 0.5) is 17.3 Å². The maximum Gasteiger partial charge on any atom is 0.260 e. The number of benzene rings is 3. The van der Waals surface area contributed by atoms with Crippen LogP contribution < -0.4 is 15.8 Å². The third kappa shape index (κ3) is 6.02. The summed E-state index contributed by atoms with van der Waals surface area (Å²) in [6.07, 6.45) is 1.69. The molecule has 220 valence electrons. The fourth-order valence-corrected chi connectivity index (χ4v) is 6.53. The van der Waals surface area contributed by atoms with Gasteiger partial charge in [-0.2, -0.15) is 4.98 Å². The molecule has 43 heavy (non-hydrogen) atoms. The Labute approximate surface area is 251 Å². The lowest BCUT2D eigenvalue weighted by atomic mass is 10.1. The monoisotopic (exact) mass is 594 g/mol. The summed E-state index contributed by atoms with van der Waals surface area (Å²) in [5, 5.41) is 3.95. The molecule has 3 aromatic carbocycles. The SMILES string of the molecule is CCS(=O)(=O)c1ccccc1Cn1c(=O)c(-c2ccccc2)cc2cnc(Nc3ccc(N4CCN(C)CC4)cc3)nc21. The third-order valence-electron chi connectivity index (χ3n) is 7.92. The van der Waals surface area contributed by atoms with Gasteiger partial charge < -0.3 is 15.1 Å². The van der Waals surface area contributed by atoms with E-state index in [0.29, 0.717) is 28.1 Å². The van der Waals surface area contributed by atoms with Crippen molar-refractivity contribution in [3.63, 3.8) is 0 Å². The van der Waals surface area contributed by atoms with Crippen molar-refractivity contribution in [2.24, 2.45) is 0 Å². The Morgan fingerprint density at radius 3 is 2.30 bits per heavy atom. The first-order valence-electron chi connectivity index (χ1n) is 14.4. The maximum absolute atomic E-state index is 14.0. The van der Waals surface area contributed by atoms with Crippen LogP contribution in [0.5, 0.6) is 0 Å². The molecule has 6 rings (SSSR count). The van der Waals surface area contributed by atoms with Crippen molar-refractivity contribution in [1.82, 2.24) is 19.4 Å². The van der Waals surface area contributed by atoms with Crippen LogP contribution in [0.15, 0.2) is 101 Å². The highest BCUT2D eigenvalue weighted by Gasteiger charge is 2.20. The average Bonchev–Trinajstić information content (AvgIpc) is 3.04. The molecular weight excluding hydrogens is 560 g/mol. The molecule has 5 aromatic rings. The topological polar surface area (TPSA) is 100 Å². The van der Waals surface area contributed by atoms with Gasteiger partial charge in [-0.15, -0.1) is 0 Å². The van der Waals surface area contributed by atoms with Gasteiger partial charge in [0, 0.05) is 54.7 Å². The smallest absolute Gasteiger partial charge is 0.260 e. The van der Waals surface area contributed by atoms with E-state index in [1.54, 1.807) is 48.0 Å². The highest BCUT2D eigenvalue weighted by atomic mass is 32.2. The van der Waals surface area contributed by atoms with E-state index in [2.05, 4.69) is 39.3 Å². The van der Waals surface area contributed by atoms with Crippen molar-refractivity contribution in [2.75, 3.05) is 49.2 Å². The van der Waals surface area contributed by atoms with Crippen molar-refractivity contribution in [1.29, 1.82) is 0 Å². The molecular formula is C33H34N6O3S. The zero-order valence-electron chi connectivity index (χ0n) is 24.3. The Bertz CT molecular complexity index is 1920. The Balaban J connectivity index is 1.39. The second kappa shape index (κ2) is 12.0. The normalized spacial score (nSPS) is 14.2. The fourth-order valence-electron chi connectivity index (χ4n) is 5.40. The van der Waals surface area contributed by atoms with Crippen LogP contribution >= 0.6 is 0 Å². The summed E-state index contributed by atoms with van der Waals surface area (Å²) in [5.41, 5.74) is 3.94. The number of pyridine rings is 1. The second-order valence-corrected chi connectivity index (χ2v) is 13.0. The molecule has 1 fully saturated rings. The Kier molecular flexibility index (Phi) is 7.96. The molecule has 0 amide bonds. The number of aromatic nitrogens is 3. The molecule has 0 bridgehead atoms. The van der Waals surface area contributed by atoms with Gasteiger partial charge in [0.25, 0.3) is 5.56 Å². The van der Waals surface area contributed by atoms with E-state index >= 15 is 0 Å². The first-order chi connectivity index (χ1) is 20.8. The average molecular weight is 595 g/mol. The summed E-state index contributed by atoms with van der Waals surface area (Å²) in [4.78, 5) is 28.3. The van der Waals surface area contributed by atoms with Gasteiger partial charge in [-0.1, -0.05) is 55.5 Å². The minimum atomic E-state index is -3.51. The van der Waals surface area contributed by atoms with Crippen molar-refractivity contribution < 1.29 is 8.42 Å². The van der Waals surface area contributed by atoms with Crippen LogP contribution in [0.25, 0.3) is 22.2 Å². The van der Waals surface area contributed by atoms with Crippen LogP contribution in [0.3, 0.4) is 0 Å². The van der Waals surface area contributed by atoms with Gasteiger partial charge in [0.1, 0.15) is 5.65 Å². The van der Waals surface area contributed by atoms with Crippen LogP contribution in [-0.4, -0.2) is 66.8 Å². The van der Waals surface area contributed by atoms with Gasteiger partial charge in [-0.05, 0) is 54.6 Å². The summed E-state index contributed by atoms with van der Waals surface area (Å²) in [6.45, 7) is 5.71. The lowest BCUT2D eigenvalue weighted by Gasteiger charge is -2.34. The van der Waals surface area contributed by atoms with E-state index in [9.17, 15) is 13.2 Å². The first-order valence-corrected chi connectivity index (χ1v) is 16.0. The van der Waals surface area contributed by atoms with E-state index < -0.39 is 9.84 Å². The molecule has 1 aliphatic heterocycles. The summed E-state index contributed by atoms with van der Waals surface area (Å²) in [7, 11) is -1.37. The third-order valence-corrected chi connectivity index (χ3v) is 9.75. The van der Waals surface area contributed by atoms with Gasteiger partial charge >= 0.3 is 0 Å². The molecule has 0 unspecified atom stereocenters. The molecule has 1 saturated heterocycles. The minimum absolute atomic E-state index is 0.0342. The van der Waals surface area contributed by atoms with E-state index in [4.69, 9.17) is 4.98 Å². The molecule has 0 radical (unpaired) electrons. The number of hydrogen-bond acceptors (Lipinski definition) is 8. The first kappa shape index (κ1) is 28.6. The van der Waals surface area contributed by atoms with Crippen molar-refractivity contribution >= 4 is 38.2 Å². The van der Waals surface area contributed by atoms with Crippen molar-refractivity contribution in [2.45, 2.75) is 18.4 Å².